The first-order valence-corrected chi connectivity index (χ1v) is 10.4. The van der Waals surface area contributed by atoms with Gasteiger partial charge in [-0.1, -0.05) is 6.92 Å². The summed E-state index contributed by atoms with van der Waals surface area (Å²) in [4.78, 5) is 0. The Morgan fingerprint density at radius 1 is 0.968 bits per heavy atom. The van der Waals surface area contributed by atoms with Crippen LogP contribution in [-0.4, -0.2) is 123 Å². The molecule has 3 rings (SSSR count). The van der Waals surface area contributed by atoms with Gasteiger partial charge in [0.1, 0.15) is 42.7 Å². The number of hydrogen-bond donors (Lipinski definition) is 9. The van der Waals surface area contributed by atoms with Crippen LogP contribution in [0.15, 0.2) is 0 Å². The van der Waals surface area contributed by atoms with Gasteiger partial charge in [0.25, 0.3) is 0 Å². The Balaban J connectivity index is 1.61. The first kappa shape index (κ1) is 25.1. The monoisotopic (exact) mass is 453 g/mol. The second-order valence-corrected chi connectivity index (χ2v) is 8.66. The topological polar surface area (TPSA) is 240 Å². The lowest BCUT2D eigenvalue weighted by molar-refractivity contribution is -0.255. The molecule has 0 amide bonds. The van der Waals surface area contributed by atoms with Crippen molar-refractivity contribution < 1.29 is 49.6 Å². The van der Waals surface area contributed by atoms with Crippen molar-refractivity contribution in [1.29, 1.82) is 0 Å². The SMILES string of the molecule is CC(CO)[C@H]1O[C@@H]1C(N)[C@H](O)O[C@@H]1C(N)C[C@@H](N)[C@@H](O[C@@H]2O[C@H](CO)C(O)[C@@H]2O)C1O. The molecule has 2 saturated heterocycles. The highest BCUT2D eigenvalue weighted by atomic mass is 16.7. The largest absolute Gasteiger partial charge is 0.396 e. The van der Waals surface area contributed by atoms with E-state index >= 15 is 0 Å². The van der Waals surface area contributed by atoms with Crippen LogP contribution in [0, 0.1) is 5.92 Å². The van der Waals surface area contributed by atoms with Crippen LogP contribution in [0.4, 0.5) is 0 Å². The van der Waals surface area contributed by atoms with E-state index in [4.69, 9.17) is 36.1 Å². The molecule has 0 aromatic carbocycles. The van der Waals surface area contributed by atoms with Crippen molar-refractivity contribution >= 4 is 0 Å². The average Bonchev–Trinajstić information content (AvgIpc) is 3.49. The van der Waals surface area contributed by atoms with E-state index in [1.807, 2.05) is 0 Å². The van der Waals surface area contributed by atoms with Gasteiger partial charge in [-0.15, -0.1) is 0 Å². The Morgan fingerprint density at radius 2 is 1.61 bits per heavy atom. The van der Waals surface area contributed by atoms with Gasteiger partial charge >= 0.3 is 0 Å². The second-order valence-electron chi connectivity index (χ2n) is 8.66. The Labute approximate surface area is 179 Å². The van der Waals surface area contributed by atoms with Crippen LogP contribution in [0.3, 0.4) is 0 Å². The van der Waals surface area contributed by atoms with Crippen LogP contribution in [-0.2, 0) is 18.9 Å². The van der Waals surface area contributed by atoms with Crippen molar-refractivity contribution in [3.63, 3.8) is 0 Å². The number of ether oxygens (including phenoxy) is 4. The van der Waals surface area contributed by atoms with Crippen molar-refractivity contribution in [2.24, 2.45) is 23.1 Å². The first-order chi connectivity index (χ1) is 14.6. The molecule has 3 aliphatic rings. The third kappa shape index (κ3) is 5.19. The van der Waals surface area contributed by atoms with E-state index in [2.05, 4.69) is 0 Å². The Bertz CT molecular complexity index is 591. The van der Waals surface area contributed by atoms with Crippen molar-refractivity contribution in [2.45, 2.75) is 92.9 Å². The number of aliphatic hydroxyl groups is 6. The molecule has 1 saturated carbocycles. The summed E-state index contributed by atoms with van der Waals surface area (Å²) in [6.07, 6.45) is -11.0. The maximum absolute atomic E-state index is 10.8. The molecule has 0 spiro atoms. The Hall–Kier alpha value is -0.520. The van der Waals surface area contributed by atoms with Crippen molar-refractivity contribution in [1.82, 2.24) is 0 Å². The highest BCUT2D eigenvalue weighted by Crippen LogP contribution is 2.34. The molecule has 12 N–H and O–H groups in total. The minimum atomic E-state index is -1.52. The van der Waals surface area contributed by atoms with Gasteiger partial charge in [-0.3, -0.25) is 0 Å². The lowest BCUT2D eigenvalue weighted by Gasteiger charge is -2.43. The molecule has 0 aromatic rings. The lowest BCUT2D eigenvalue weighted by Crippen LogP contribution is -2.65. The minimum absolute atomic E-state index is 0.0884. The van der Waals surface area contributed by atoms with E-state index in [9.17, 15) is 30.6 Å². The van der Waals surface area contributed by atoms with E-state index in [-0.39, 0.29) is 25.0 Å². The number of rotatable bonds is 9. The zero-order chi connectivity index (χ0) is 23.0. The molecule has 0 bridgehead atoms. The van der Waals surface area contributed by atoms with E-state index in [1.54, 1.807) is 6.92 Å². The van der Waals surface area contributed by atoms with E-state index in [1.165, 1.54) is 0 Å². The molecule has 1 aliphatic carbocycles. The summed E-state index contributed by atoms with van der Waals surface area (Å²) in [7, 11) is 0. The quantitative estimate of drug-likeness (QED) is 0.117. The van der Waals surface area contributed by atoms with Gasteiger partial charge in [0, 0.05) is 24.6 Å². The highest BCUT2D eigenvalue weighted by molar-refractivity contribution is 5.01. The predicted octanol–water partition coefficient (Wildman–Crippen LogP) is -5.34. The third-order valence-electron chi connectivity index (χ3n) is 6.27. The number of nitrogens with two attached hydrogens (primary N) is 3. The molecule has 2 heterocycles. The zero-order valence-electron chi connectivity index (χ0n) is 17.3. The molecule has 13 heteroatoms. The summed E-state index contributed by atoms with van der Waals surface area (Å²) < 4.78 is 21.9. The fraction of sp³-hybridized carbons (Fsp3) is 1.00. The van der Waals surface area contributed by atoms with Gasteiger partial charge in [-0.25, -0.2) is 0 Å². The number of aliphatic hydroxyl groups excluding tert-OH is 6. The summed E-state index contributed by atoms with van der Waals surface area (Å²) in [6, 6.07) is -2.43. The third-order valence-corrected chi connectivity index (χ3v) is 6.27. The van der Waals surface area contributed by atoms with E-state index in [0.29, 0.717) is 0 Å². The fourth-order valence-corrected chi connectivity index (χ4v) is 4.19. The van der Waals surface area contributed by atoms with Crippen LogP contribution >= 0.6 is 0 Å². The van der Waals surface area contributed by atoms with Gasteiger partial charge < -0.3 is 66.8 Å². The zero-order valence-corrected chi connectivity index (χ0v) is 17.3. The van der Waals surface area contributed by atoms with Gasteiger partial charge in [0.2, 0.25) is 0 Å². The molecule has 3 fully saturated rings. The molecule has 0 radical (unpaired) electrons. The normalized spacial score (nSPS) is 48.4. The summed E-state index contributed by atoms with van der Waals surface area (Å²) in [5.41, 5.74) is 18.1. The van der Waals surface area contributed by atoms with E-state index < -0.39 is 80.0 Å². The fourth-order valence-electron chi connectivity index (χ4n) is 4.19. The smallest absolute Gasteiger partial charge is 0.187 e. The summed E-state index contributed by atoms with van der Waals surface area (Å²) in [5, 5.41) is 59.6. The van der Waals surface area contributed by atoms with Crippen LogP contribution in [0.2, 0.25) is 0 Å². The molecule has 14 atom stereocenters. The van der Waals surface area contributed by atoms with Crippen molar-refractivity contribution in [2.75, 3.05) is 13.2 Å². The maximum Gasteiger partial charge on any atom is 0.187 e. The second kappa shape index (κ2) is 10.2. The predicted molar refractivity (Wildman–Crippen MR) is 103 cm³/mol. The van der Waals surface area contributed by atoms with Gasteiger partial charge in [0.05, 0.1) is 18.8 Å². The molecule has 182 valence electrons. The summed E-state index contributed by atoms with van der Waals surface area (Å²) in [5.74, 6) is -0.155. The maximum atomic E-state index is 10.8. The van der Waals surface area contributed by atoms with Crippen molar-refractivity contribution in [3.8, 4) is 0 Å². The van der Waals surface area contributed by atoms with Gasteiger partial charge in [-0.05, 0) is 6.42 Å². The highest BCUT2D eigenvalue weighted by Gasteiger charge is 2.52. The van der Waals surface area contributed by atoms with Crippen molar-refractivity contribution in [3.05, 3.63) is 0 Å². The first-order valence-electron chi connectivity index (χ1n) is 10.4. The molecule has 5 unspecified atom stereocenters. The van der Waals surface area contributed by atoms with Crippen LogP contribution in [0.1, 0.15) is 13.3 Å². The van der Waals surface area contributed by atoms with Gasteiger partial charge in [-0.2, -0.15) is 0 Å². The Kier molecular flexibility index (Phi) is 8.24. The molecule has 0 aromatic heterocycles. The van der Waals surface area contributed by atoms with Crippen LogP contribution in [0.5, 0.6) is 0 Å². The number of epoxide rings is 1. The minimum Gasteiger partial charge on any atom is -0.396 e. The molecule has 13 nitrogen and oxygen atoms in total. The molecular weight excluding hydrogens is 418 g/mol. The molecule has 2 aliphatic heterocycles. The molecule has 31 heavy (non-hydrogen) atoms. The lowest BCUT2D eigenvalue weighted by atomic mass is 9.84. The Morgan fingerprint density at radius 3 is 2.19 bits per heavy atom. The number of hydrogen-bond acceptors (Lipinski definition) is 13. The van der Waals surface area contributed by atoms with E-state index in [0.717, 1.165) is 0 Å². The van der Waals surface area contributed by atoms with Gasteiger partial charge in [0.15, 0.2) is 12.6 Å². The van der Waals surface area contributed by atoms with Crippen LogP contribution < -0.4 is 17.2 Å². The summed E-state index contributed by atoms with van der Waals surface area (Å²) in [6.45, 7) is 1.17. The standard InChI is InChI=1S/C18H35N3O10/c1-5(3-22)13-16(29-13)9(21)17(27)30-14-6(19)2-7(20)15(12(14)26)31-18-11(25)10(24)8(4-23)28-18/h5-18,22-27H,2-4,19-21H2,1H3/t5?,6?,7-,8-,9?,10?,11+,12?,13-,14-,15-,16-,17-,18+/m1/s1. The summed E-state index contributed by atoms with van der Waals surface area (Å²) >= 11 is 0. The average molecular weight is 453 g/mol. The molecular formula is C18H35N3O10. The van der Waals surface area contributed by atoms with Crippen LogP contribution in [0.25, 0.3) is 0 Å².